The largest absolute Gasteiger partial charge is 0.264 e. The second kappa shape index (κ2) is 5.90. The van der Waals surface area contributed by atoms with E-state index in [1.807, 2.05) is 72.8 Å². The van der Waals surface area contributed by atoms with E-state index in [1.54, 1.807) is 12.4 Å². The number of hydrogen-bond donors (Lipinski definition) is 0. The van der Waals surface area contributed by atoms with Crippen LogP contribution in [0.15, 0.2) is 85.2 Å². The minimum Gasteiger partial charge on any atom is -0.264 e. The van der Waals surface area contributed by atoms with Gasteiger partial charge in [-0.15, -0.1) is 0 Å². The second-order valence-corrected chi connectivity index (χ2v) is 5.10. The molecule has 3 aromatic rings. The van der Waals surface area contributed by atoms with Gasteiger partial charge in [-0.1, -0.05) is 66.7 Å². The van der Waals surface area contributed by atoms with Crippen molar-refractivity contribution in [1.82, 2.24) is 4.98 Å². The van der Waals surface area contributed by atoms with Gasteiger partial charge in [-0.25, -0.2) is 5.11 Å². The van der Waals surface area contributed by atoms with Crippen LogP contribution in [0.4, 0.5) is 0 Å². The highest BCUT2D eigenvalue weighted by Crippen LogP contribution is 2.33. The number of hydrogen-bond acceptors (Lipinski definition) is 1. The maximum absolute atomic E-state index is 13.6. The molecule has 0 aliphatic carbocycles. The van der Waals surface area contributed by atoms with E-state index in [9.17, 15) is 5.11 Å². The molecule has 0 atom stereocenters. The van der Waals surface area contributed by atoms with Crippen LogP contribution < -0.4 is 0 Å². The highest BCUT2D eigenvalue weighted by molar-refractivity contribution is 5.37. The predicted molar refractivity (Wildman–Crippen MR) is 82.3 cm³/mol. The lowest BCUT2D eigenvalue weighted by atomic mass is 9.82. The molecular weight excluding hydrogens is 258 g/mol. The Labute approximate surface area is 124 Å². The normalized spacial score (nSPS) is 11.3. The fourth-order valence-electron chi connectivity index (χ4n) is 2.58. The maximum atomic E-state index is 13.6. The molecular formula is C19H16NO. The van der Waals surface area contributed by atoms with Crippen molar-refractivity contribution < 1.29 is 5.11 Å². The summed E-state index contributed by atoms with van der Waals surface area (Å²) in [5, 5.41) is 13.6. The van der Waals surface area contributed by atoms with E-state index in [0.29, 0.717) is 6.42 Å². The molecule has 0 aliphatic rings. The van der Waals surface area contributed by atoms with Crippen LogP contribution >= 0.6 is 0 Å². The summed E-state index contributed by atoms with van der Waals surface area (Å²) >= 11 is 0. The summed E-state index contributed by atoms with van der Waals surface area (Å²) in [4.78, 5) is 4.12. The van der Waals surface area contributed by atoms with E-state index < -0.39 is 5.60 Å². The topological polar surface area (TPSA) is 32.8 Å². The molecule has 0 unspecified atom stereocenters. The van der Waals surface area contributed by atoms with E-state index in [4.69, 9.17) is 0 Å². The Hall–Kier alpha value is -2.45. The van der Waals surface area contributed by atoms with Gasteiger partial charge in [0.1, 0.15) is 0 Å². The molecule has 0 N–H and O–H groups in total. The molecule has 1 heterocycles. The zero-order chi connectivity index (χ0) is 14.5. The molecule has 3 rings (SSSR count). The van der Waals surface area contributed by atoms with Crippen molar-refractivity contribution in [3.63, 3.8) is 0 Å². The lowest BCUT2D eigenvalue weighted by molar-refractivity contribution is 0.00316. The molecule has 1 aromatic heterocycles. The molecule has 0 bridgehead atoms. The Bertz CT molecular complexity index is 641. The van der Waals surface area contributed by atoms with E-state index in [0.717, 1.165) is 16.7 Å². The number of benzene rings is 2. The molecule has 2 nitrogen and oxygen atoms in total. The standard InChI is InChI=1S/C19H16NO/c21-19(17-9-3-1-4-10-17,18-11-5-2-6-12-18)14-16-8-7-13-20-15-16/h1-13,15H,14H2. The monoisotopic (exact) mass is 274 g/mol. The summed E-state index contributed by atoms with van der Waals surface area (Å²) < 4.78 is 0. The molecule has 0 saturated heterocycles. The van der Waals surface area contributed by atoms with Crippen molar-refractivity contribution in [2.24, 2.45) is 0 Å². The Morgan fingerprint density at radius 3 is 1.81 bits per heavy atom. The molecule has 0 saturated carbocycles. The van der Waals surface area contributed by atoms with Gasteiger partial charge in [-0.2, -0.15) is 0 Å². The number of aromatic nitrogens is 1. The van der Waals surface area contributed by atoms with Crippen molar-refractivity contribution in [3.05, 3.63) is 102 Å². The van der Waals surface area contributed by atoms with Crippen molar-refractivity contribution in [2.45, 2.75) is 12.0 Å². The van der Waals surface area contributed by atoms with Gasteiger partial charge in [0.25, 0.3) is 0 Å². The molecule has 0 fully saturated rings. The number of rotatable bonds is 4. The summed E-state index contributed by atoms with van der Waals surface area (Å²) in [6.07, 6.45) is 3.87. The Balaban J connectivity index is 2.07. The third-order valence-corrected chi connectivity index (χ3v) is 3.66. The van der Waals surface area contributed by atoms with Crippen LogP contribution in [0.2, 0.25) is 0 Å². The van der Waals surface area contributed by atoms with E-state index in [-0.39, 0.29) is 0 Å². The molecule has 21 heavy (non-hydrogen) atoms. The van der Waals surface area contributed by atoms with Crippen LogP contribution in [0.25, 0.3) is 0 Å². The second-order valence-electron chi connectivity index (χ2n) is 5.10. The van der Waals surface area contributed by atoms with Gasteiger partial charge in [0.15, 0.2) is 5.60 Å². The van der Waals surface area contributed by atoms with E-state index >= 15 is 0 Å². The lowest BCUT2D eigenvalue weighted by Crippen LogP contribution is -2.28. The average Bonchev–Trinajstić information content (AvgIpc) is 2.57. The van der Waals surface area contributed by atoms with Crippen LogP contribution in [0.5, 0.6) is 0 Å². The van der Waals surface area contributed by atoms with Gasteiger partial charge in [0.05, 0.1) is 0 Å². The van der Waals surface area contributed by atoms with Gasteiger partial charge in [0, 0.05) is 18.8 Å². The third-order valence-electron chi connectivity index (χ3n) is 3.66. The summed E-state index contributed by atoms with van der Waals surface area (Å²) in [5.74, 6) is 0. The Morgan fingerprint density at radius 2 is 1.33 bits per heavy atom. The number of pyridine rings is 1. The molecule has 0 amide bonds. The highest BCUT2D eigenvalue weighted by atomic mass is 16.3. The highest BCUT2D eigenvalue weighted by Gasteiger charge is 2.34. The molecule has 1 radical (unpaired) electrons. The maximum Gasteiger partial charge on any atom is 0.158 e. The van der Waals surface area contributed by atoms with Crippen LogP contribution in [0, 0.1) is 0 Å². The molecule has 2 aromatic carbocycles. The molecule has 0 aliphatic heterocycles. The zero-order valence-corrected chi connectivity index (χ0v) is 11.6. The van der Waals surface area contributed by atoms with Crippen LogP contribution in [-0.4, -0.2) is 4.98 Å². The first-order chi connectivity index (χ1) is 10.3. The van der Waals surface area contributed by atoms with Gasteiger partial charge < -0.3 is 0 Å². The minimum absolute atomic E-state index is 0.384. The summed E-state index contributed by atoms with van der Waals surface area (Å²) in [6, 6.07) is 22.9. The SMILES string of the molecule is [O]C(Cc1cccnc1)(c1ccccc1)c1ccccc1. The Kier molecular flexibility index (Phi) is 3.80. The number of nitrogens with zero attached hydrogens (tertiary/aromatic N) is 1. The van der Waals surface area contributed by atoms with Gasteiger partial charge in [-0.05, 0) is 22.8 Å². The van der Waals surface area contributed by atoms with Crippen molar-refractivity contribution in [1.29, 1.82) is 0 Å². The van der Waals surface area contributed by atoms with Crippen molar-refractivity contribution >= 4 is 0 Å². The fraction of sp³-hybridized carbons (Fsp3) is 0.105. The lowest BCUT2D eigenvalue weighted by Gasteiger charge is -2.27. The third kappa shape index (κ3) is 2.86. The van der Waals surface area contributed by atoms with E-state index in [1.165, 1.54) is 0 Å². The minimum atomic E-state index is -1.30. The summed E-state index contributed by atoms with van der Waals surface area (Å²) in [7, 11) is 0. The van der Waals surface area contributed by atoms with Crippen LogP contribution in [0.1, 0.15) is 16.7 Å². The first kappa shape index (κ1) is 13.5. The van der Waals surface area contributed by atoms with Crippen LogP contribution in [-0.2, 0) is 17.1 Å². The summed E-state index contributed by atoms with van der Waals surface area (Å²) in [6.45, 7) is 0. The van der Waals surface area contributed by atoms with Gasteiger partial charge >= 0.3 is 0 Å². The smallest absolute Gasteiger partial charge is 0.158 e. The van der Waals surface area contributed by atoms with Crippen molar-refractivity contribution in [3.8, 4) is 0 Å². The summed E-state index contributed by atoms with van der Waals surface area (Å²) in [5.41, 5.74) is 1.20. The van der Waals surface area contributed by atoms with Crippen molar-refractivity contribution in [2.75, 3.05) is 0 Å². The first-order valence-electron chi connectivity index (χ1n) is 6.99. The predicted octanol–water partition coefficient (Wildman–Crippen LogP) is 4.00. The average molecular weight is 274 g/mol. The molecule has 0 spiro atoms. The van der Waals surface area contributed by atoms with E-state index in [2.05, 4.69) is 4.98 Å². The van der Waals surface area contributed by atoms with Gasteiger partial charge in [-0.3, -0.25) is 4.98 Å². The van der Waals surface area contributed by atoms with Crippen LogP contribution in [0.3, 0.4) is 0 Å². The quantitative estimate of drug-likeness (QED) is 0.707. The molecule has 2 heteroatoms. The fourth-order valence-corrected chi connectivity index (χ4v) is 2.58. The molecule has 103 valence electrons. The first-order valence-corrected chi connectivity index (χ1v) is 6.99. The Morgan fingerprint density at radius 1 is 0.762 bits per heavy atom. The zero-order valence-electron chi connectivity index (χ0n) is 11.6. The van der Waals surface area contributed by atoms with Gasteiger partial charge in [0.2, 0.25) is 0 Å².